The molecule has 8 heteroatoms. The molecule has 2 aromatic rings. The van der Waals surface area contributed by atoms with Crippen LogP contribution in [0.3, 0.4) is 0 Å². The van der Waals surface area contributed by atoms with E-state index in [1.807, 2.05) is 24.3 Å². The molecule has 1 aliphatic heterocycles. The quantitative estimate of drug-likeness (QED) is 0.356. The first-order valence-corrected chi connectivity index (χ1v) is 9.09. The summed E-state index contributed by atoms with van der Waals surface area (Å²) >= 11 is 6.41. The van der Waals surface area contributed by atoms with E-state index >= 15 is 0 Å². The molecule has 0 aromatic heterocycles. The van der Waals surface area contributed by atoms with Crippen molar-refractivity contribution in [1.29, 1.82) is 0 Å². The molecule has 1 amide bonds. The first-order valence-electron chi connectivity index (χ1n) is 7.86. The lowest BCUT2D eigenvalue weighted by molar-refractivity contribution is -0.384. The summed E-state index contributed by atoms with van der Waals surface area (Å²) in [6.45, 7) is 2.08. The van der Waals surface area contributed by atoms with Crippen molar-refractivity contribution in [3.05, 3.63) is 74.7 Å². The zero-order valence-corrected chi connectivity index (χ0v) is 15.5. The van der Waals surface area contributed by atoms with E-state index < -0.39 is 4.92 Å². The van der Waals surface area contributed by atoms with E-state index in [9.17, 15) is 14.9 Å². The lowest BCUT2D eigenvalue weighted by Gasteiger charge is -2.16. The highest BCUT2D eigenvalue weighted by Crippen LogP contribution is 2.34. The van der Waals surface area contributed by atoms with Crippen LogP contribution in [0.15, 0.2) is 53.4 Å². The van der Waals surface area contributed by atoms with Crippen LogP contribution in [0.25, 0.3) is 6.08 Å². The van der Waals surface area contributed by atoms with Crippen molar-refractivity contribution in [2.24, 2.45) is 0 Å². The predicted molar refractivity (Wildman–Crippen MR) is 108 cm³/mol. The van der Waals surface area contributed by atoms with E-state index in [-0.39, 0.29) is 17.3 Å². The zero-order valence-electron chi connectivity index (χ0n) is 13.8. The largest absolute Gasteiger partial charge is 0.294 e. The first-order chi connectivity index (χ1) is 12.5. The van der Waals surface area contributed by atoms with Gasteiger partial charge in [0.1, 0.15) is 5.69 Å². The molecule has 0 unspecified atom stereocenters. The maximum absolute atomic E-state index is 12.6. The third-order valence-corrected chi connectivity index (χ3v) is 5.11. The van der Waals surface area contributed by atoms with Crippen LogP contribution >= 0.6 is 24.0 Å². The molecule has 2 aromatic carbocycles. The highest BCUT2D eigenvalue weighted by Gasteiger charge is 2.33. The van der Waals surface area contributed by atoms with Gasteiger partial charge in [0, 0.05) is 6.07 Å². The second kappa shape index (κ2) is 7.67. The molecule has 1 saturated heterocycles. The lowest BCUT2D eigenvalue weighted by Crippen LogP contribution is -2.34. The van der Waals surface area contributed by atoms with Crippen LogP contribution < -0.4 is 5.43 Å². The molecule has 3 rings (SSSR count). The number of nitro benzene ring substituents is 1. The van der Waals surface area contributed by atoms with Crippen LogP contribution in [0.4, 0.5) is 11.4 Å². The number of anilines is 1. The molecule has 132 valence electrons. The summed E-state index contributed by atoms with van der Waals surface area (Å²) in [7, 11) is 0. The lowest BCUT2D eigenvalue weighted by atomic mass is 10.1. The number of rotatable bonds is 5. The normalized spacial score (nSPS) is 15.6. The molecule has 1 aliphatic rings. The molecular weight excluding hydrogens is 370 g/mol. The Balaban J connectivity index is 1.83. The molecule has 0 bridgehead atoms. The van der Waals surface area contributed by atoms with Gasteiger partial charge in [-0.15, -0.1) is 0 Å². The van der Waals surface area contributed by atoms with Crippen LogP contribution in [0, 0.1) is 10.1 Å². The number of carbonyl (C=O) groups is 1. The number of aryl methyl sites for hydroxylation is 1. The van der Waals surface area contributed by atoms with Gasteiger partial charge in [0.15, 0.2) is 4.32 Å². The number of thioether (sulfide) groups is 1. The standard InChI is InChI=1S/C18H15N3O3S2/c1-2-12-7-9-13(10-8-12)11-16-17(22)20(18(25)26-16)19-14-5-3-4-6-15(14)21(23)24/h3-11,19H,2H2,1H3/b16-11+. The minimum atomic E-state index is -0.509. The Kier molecular flexibility index (Phi) is 5.34. The third-order valence-electron chi connectivity index (χ3n) is 3.81. The second-order valence-electron chi connectivity index (χ2n) is 5.50. The monoisotopic (exact) mass is 385 g/mol. The number of nitrogens with one attached hydrogen (secondary N) is 1. The zero-order chi connectivity index (χ0) is 18.7. The van der Waals surface area contributed by atoms with Gasteiger partial charge in [0.05, 0.1) is 9.83 Å². The molecule has 0 aliphatic carbocycles. The van der Waals surface area contributed by atoms with Crippen molar-refractivity contribution in [1.82, 2.24) is 5.01 Å². The van der Waals surface area contributed by atoms with E-state index in [0.717, 1.165) is 28.8 Å². The van der Waals surface area contributed by atoms with Gasteiger partial charge in [-0.2, -0.15) is 0 Å². The molecule has 0 spiro atoms. The number of nitrogens with zero attached hydrogens (tertiary/aromatic N) is 2. The fourth-order valence-electron chi connectivity index (χ4n) is 2.41. The fraction of sp³-hybridized carbons (Fsp3) is 0.111. The highest BCUT2D eigenvalue weighted by atomic mass is 32.2. The molecule has 6 nitrogen and oxygen atoms in total. The summed E-state index contributed by atoms with van der Waals surface area (Å²) in [5.74, 6) is -0.335. The van der Waals surface area contributed by atoms with Crippen molar-refractivity contribution in [3.8, 4) is 0 Å². The Morgan fingerprint density at radius 2 is 1.92 bits per heavy atom. The molecule has 0 radical (unpaired) electrons. The Labute approximate surface area is 160 Å². The van der Waals surface area contributed by atoms with Crippen LogP contribution in [0.2, 0.25) is 0 Å². The van der Waals surface area contributed by atoms with E-state index in [0.29, 0.717) is 9.23 Å². The topological polar surface area (TPSA) is 75.5 Å². The molecule has 26 heavy (non-hydrogen) atoms. The summed E-state index contributed by atoms with van der Waals surface area (Å²) in [4.78, 5) is 23.7. The average Bonchev–Trinajstić information content (AvgIpc) is 2.90. The Morgan fingerprint density at radius 1 is 1.23 bits per heavy atom. The number of hydrazine groups is 1. The van der Waals surface area contributed by atoms with Crippen molar-refractivity contribution in [2.45, 2.75) is 13.3 Å². The minimum absolute atomic E-state index is 0.124. The van der Waals surface area contributed by atoms with Crippen LogP contribution in [-0.2, 0) is 11.2 Å². The van der Waals surface area contributed by atoms with Crippen molar-refractivity contribution in [2.75, 3.05) is 5.43 Å². The van der Waals surface area contributed by atoms with Gasteiger partial charge >= 0.3 is 0 Å². The van der Waals surface area contributed by atoms with Gasteiger partial charge in [-0.3, -0.25) is 20.3 Å². The third kappa shape index (κ3) is 3.76. The first kappa shape index (κ1) is 18.1. The number of thiocarbonyl (C=S) groups is 1. The van der Waals surface area contributed by atoms with Gasteiger partial charge in [0.2, 0.25) is 0 Å². The summed E-state index contributed by atoms with van der Waals surface area (Å²) < 4.78 is 0.296. The van der Waals surface area contributed by atoms with Gasteiger partial charge in [-0.1, -0.05) is 55.1 Å². The second-order valence-corrected chi connectivity index (χ2v) is 7.17. The van der Waals surface area contributed by atoms with E-state index in [1.54, 1.807) is 18.2 Å². The maximum Gasteiger partial charge on any atom is 0.294 e. The van der Waals surface area contributed by atoms with E-state index in [2.05, 4.69) is 12.3 Å². The highest BCUT2D eigenvalue weighted by molar-refractivity contribution is 8.26. The average molecular weight is 385 g/mol. The van der Waals surface area contributed by atoms with Crippen LogP contribution in [0.1, 0.15) is 18.1 Å². The molecule has 1 heterocycles. The minimum Gasteiger partial charge on any atom is -0.283 e. The molecule has 0 atom stereocenters. The summed E-state index contributed by atoms with van der Waals surface area (Å²) in [6, 6.07) is 14.0. The number of hydrogen-bond donors (Lipinski definition) is 1. The summed E-state index contributed by atoms with van der Waals surface area (Å²) in [6.07, 6.45) is 2.71. The number of benzene rings is 2. The van der Waals surface area contributed by atoms with Crippen molar-refractivity contribution >= 4 is 51.7 Å². The molecule has 0 saturated carbocycles. The van der Waals surface area contributed by atoms with Gasteiger partial charge < -0.3 is 0 Å². The Morgan fingerprint density at radius 3 is 2.58 bits per heavy atom. The van der Waals surface area contributed by atoms with Gasteiger partial charge in [0.25, 0.3) is 11.6 Å². The van der Waals surface area contributed by atoms with Crippen LogP contribution in [-0.4, -0.2) is 20.2 Å². The predicted octanol–water partition coefficient (Wildman–Crippen LogP) is 4.39. The number of carbonyl (C=O) groups excluding carboxylic acids is 1. The Bertz CT molecular complexity index is 910. The maximum atomic E-state index is 12.6. The molecule has 1 fully saturated rings. The van der Waals surface area contributed by atoms with Crippen molar-refractivity contribution in [3.63, 3.8) is 0 Å². The van der Waals surface area contributed by atoms with Gasteiger partial charge in [-0.25, -0.2) is 5.01 Å². The van der Waals surface area contributed by atoms with E-state index in [4.69, 9.17) is 12.2 Å². The number of hydrogen-bond acceptors (Lipinski definition) is 6. The SMILES string of the molecule is CCc1ccc(/C=C2/SC(=S)N(Nc3ccccc3[N+](=O)[O-])C2=O)cc1. The summed E-state index contributed by atoms with van der Waals surface area (Å²) in [5, 5.41) is 12.3. The van der Waals surface area contributed by atoms with E-state index in [1.165, 1.54) is 17.7 Å². The number of para-hydroxylation sites is 2. The number of nitro groups is 1. The Hall–Kier alpha value is -2.71. The molecular formula is C18H15N3O3S2. The smallest absolute Gasteiger partial charge is 0.283 e. The number of amides is 1. The summed E-state index contributed by atoms with van der Waals surface area (Å²) in [5.41, 5.74) is 4.96. The fourth-order valence-corrected chi connectivity index (χ4v) is 3.59. The van der Waals surface area contributed by atoms with Crippen LogP contribution in [0.5, 0.6) is 0 Å². The van der Waals surface area contributed by atoms with Gasteiger partial charge in [-0.05, 0) is 41.9 Å². The molecule has 1 N–H and O–H groups in total. The van der Waals surface area contributed by atoms with Crippen molar-refractivity contribution < 1.29 is 9.72 Å².